The topological polar surface area (TPSA) is 58.2 Å². The quantitative estimate of drug-likeness (QED) is 0.799. The van der Waals surface area contributed by atoms with Crippen molar-refractivity contribution in [2.75, 3.05) is 11.9 Å². The number of hydrogen-bond donors (Lipinski definition) is 2. The van der Waals surface area contributed by atoms with E-state index in [0.717, 1.165) is 11.3 Å². The Kier molecular flexibility index (Phi) is 5.79. The summed E-state index contributed by atoms with van der Waals surface area (Å²) >= 11 is 0. The second kappa shape index (κ2) is 7.36. The molecule has 0 saturated heterocycles. The lowest BCUT2D eigenvalue weighted by atomic mass is 10.2. The van der Waals surface area contributed by atoms with Gasteiger partial charge in [-0.2, -0.15) is 0 Å². The van der Waals surface area contributed by atoms with E-state index in [4.69, 9.17) is 0 Å². The van der Waals surface area contributed by atoms with E-state index in [0.29, 0.717) is 12.5 Å². The van der Waals surface area contributed by atoms with Gasteiger partial charge in [0.25, 0.3) is 0 Å². The number of nitrogens with one attached hydrogen (secondary N) is 2. The van der Waals surface area contributed by atoms with Crippen LogP contribution < -0.4 is 10.6 Å². The first-order valence-corrected chi connectivity index (χ1v) is 6.31. The molecule has 0 fully saturated rings. The van der Waals surface area contributed by atoms with Gasteiger partial charge in [0.1, 0.15) is 0 Å². The highest BCUT2D eigenvalue weighted by atomic mass is 16.2. The van der Waals surface area contributed by atoms with Crippen molar-refractivity contribution in [1.29, 1.82) is 0 Å². The summed E-state index contributed by atoms with van der Waals surface area (Å²) in [6.45, 7) is 6.23. The van der Waals surface area contributed by atoms with Crippen LogP contribution in [0.4, 0.5) is 5.69 Å². The lowest BCUT2D eigenvalue weighted by molar-refractivity contribution is -0.116. The molecule has 1 rings (SSSR count). The first-order valence-electron chi connectivity index (χ1n) is 6.31. The predicted molar refractivity (Wildman–Crippen MR) is 77.6 cm³/mol. The van der Waals surface area contributed by atoms with E-state index >= 15 is 0 Å². The molecule has 2 N–H and O–H groups in total. The van der Waals surface area contributed by atoms with Crippen LogP contribution in [-0.2, 0) is 9.59 Å². The maximum atomic E-state index is 11.5. The van der Waals surface area contributed by atoms with Crippen LogP contribution in [0.3, 0.4) is 0 Å². The molecule has 0 spiro atoms. The fraction of sp³-hybridized carbons (Fsp3) is 0.333. The van der Waals surface area contributed by atoms with Crippen molar-refractivity contribution in [3.8, 4) is 0 Å². The van der Waals surface area contributed by atoms with Crippen molar-refractivity contribution in [3.63, 3.8) is 0 Å². The molecule has 0 aliphatic heterocycles. The van der Waals surface area contributed by atoms with Gasteiger partial charge in [0.15, 0.2) is 0 Å². The number of hydrogen-bond acceptors (Lipinski definition) is 2. The molecule has 0 bridgehead atoms. The number of carbonyl (C=O) groups is 2. The van der Waals surface area contributed by atoms with E-state index in [1.54, 1.807) is 18.2 Å². The lowest BCUT2D eigenvalue weighted by Crippen LogP contribution is -2.25. The third-order valence-corrected chi connectivity index (χ3v) is 2.34. The van der Waals surface area contributed by atoms with Crippen LogP contribution in [0.15, 0.2) is 30.3 Å². The first-order chi connectivity index (χ1) is 8.97. The fourth-order valence-corrected chi connectivity index (χ4v) is 1.42. The van der Waals surface area contributed by atoms with E-state index < -0.39 is 0 Å². The fourth-order valence-electron chi connectivity index (χ4n) is 1.42. The summed E-state index contributed by atoms with van der Waals surface area (Å²) in [5, 5.41) is 5.49. The van der Waals surface area contributed by atoms with Gasteiger partial charge in [-0.25, -0.2) is 0 Å². The monoisotopic (exact) mass is 260 g/mol. The molecule has 1 aromatic rings. The molecule has 0 aliphatic carbocycles. The Hall–Kier alpha value is -2.10. The smallest absolute Gasteiger partial charge is 0.244 e. The maximum absolute atomic E-state index is 11.5. The van der Waals surface area contributed by atoms with Crippen molar-refractivity contribution >= 4 is 23.6 Å². The zero-order valence-corrected chi connectivity index (χ0v) is 11.6. The Morgan fingerprint density at radius 1 is 1.21 bits per heavy atom. The molecule has 19 heavy (non-hydrogen) atoms. The Morgan fingerprint density at radius 2 is 1.84 bits per heavy atom. The molecular weight excluding hydrogens is 240 g/mol. The second-order valence-corrected chi connectivity index (χ2v) is 4.78. The van der Waals surface area contributed by atoms with Gasteiger partial charge in [0, 0.05) is 25.2 Å². The van der Waals surface area contributed by atoms with Crippen LogP contribution in [0.5, 0.6) is 0 Å². The van der Waals surface area contributed by atoms with Crippen molar-refractivity contribution in [1.82, 2.24) is 5.32 Å². The van der Waals surface area contributed by atoms with E-state index in [2.05, 4.69) is 10.6 Å². The van der Waals surface area contributed by atoms with Gasteiger partial charge in [0.05, 0.1) is 0 Å². The average Bonchev–Trinajstić information content (AvgIpc) is 2.35. The molecular formula is C15H20N2O2. The summed E-state index contributed by atoms with van der Waals surface area (Å²) in [6, 6.07) is 7.29. The van der Waals surface area contributed by atoms with Gasteiger partial charge < -0.3 is 10.6 Å². The van der Waals surface area contributed by atoms with Crippen molar-refractivity contribution in [2.24, 2.45) is 5.92 Å². The number of rotatable bonds is 5. The summed E-state index contributed by atoms with van der Waals surface area (Å²) in [7, 11) is 0. The highest BCUT2D eigenvalue weighted by Crippen LogP contribution is 2.10. The normalized spacial score (nSPS) is 10.7. The molecule has 0 radical (unpaired) electrons. The van der Waals surface area contributed by atoms with Crippen molar-refractivity contribution < 1.29 is 9.59 Å². The summed E-state index contributed by atoms with van der Waals surface area (Å²) in [6.07, 6.45) is 3.25. The van der Waals surface area contributed by atoms with Crippen LogP contribution in [0.25, 0.3) is 6.08 Å². The minimum Gasteiger partial charge on any atom is -0.352 e. The summed E-state index contributed by atoms with van der Waals surface area (Å²) < 4.78 is 0. The summed E-state index contributed by atoms with van der Waals surface area (Å²) in [5.74, 6) is 0.241. The number of benzene rings is 1. The number of anilines is 1. The average molecular weight is 260 g/mol. The zero-order chi connectivity index (χ0) is 14.3. The molecule has 4 heteroatoms. The lowest BCUT2D eigenvalue weighted by Gasteiger charge is -2.04. The third-order valence-electron chi connectivity index (χ3n) is 2.34. The van der Waals surface area contributed by atoms with Gasteiger partial charge in [-0.3, -0.25) is 9.59 Å². The van der Waals surface area contributed by atoms with Gasteiger partial charge in [-0.15, -0.1) is 0 Å². The van der Waals surface area contributed by atoms with E-state index in [-0.39, 0.29) is 11.8 Å². The summed E-state index contributed by atoms with van der Waals surface area (Å²) in [5.41, 5.74) is 1.66. The van der Waals surface area contributed by atoms with Crippen LogP contribution in [0, 0.1) is 5.92 Å². The van der Waals surface area contributed by atoms with Crippen LogP contribution in [0.2, 0.25) is 0 Å². The van der Waals surface area contributed by atoms with E-state index in [9.17, 15) is 9.59 Å². The van der Waals surface area contributed by atoms with Crippen LogP contribution in [0.1, 0.15) is 26.3 Å². The molecule has 0 saturated carbocycles. The van der Waals surface area contributed by atoms with Crippen LogP contribution >= 0.6 is 0 Å². The van der Waals surface area contributed by atoms with Crippen molar-refractivity contribution in [2.45, 2.75) is 20.8 Å². The van der Waals surface area contributed by atoms with E-state index in [1.807, 2.05) is 26.0 Å². The minimum atomic E-state index is -0.101. The molecule has 0 unspecified atom stereocenters. The Bertz CT molecular complexity index is 462. The minimum absolute atomic E-state index is 0.0976. The number of amides is 2. The molecule has 0 atom stereocenters. The zero-order valence-electron chi connectivity index (χ0n) is 11.6. The number of carbonyl (C=O) groups excluding carboxylic acids is 2. The predicted octanol–water partition coefficient (Wildman–Crippen LogP) is 2.43. The molecule has 4 nitrogen and oxygen atoms in total. The Labute approximate surface area is 113 Å². The second-order valence-electron chi connectivity index (χ2n) is 4.78. The Balaban J connectivity index is 2.52. The first kappa shape index (κ1) is 15.0. The highest BCUT2D eigenvalue weighted by molar-refractivity contribution is 5.92. The molecule has 0 aromatic heterocycles. The maximum Gasteiger partial charge on any atom is 0.244 e. The molecule has 0 heterocycles. The highest BCUT2D eigenvalue weighted by Gasteiger charge is 1.98. The molecule has 1 aromatic carbocycles. The molecule has 2 amide bonds. The largest absolute Gasteiger partial charge is 0.352 e. The van der Waals surface area contributed by atoms with Gasteiger partial charge >= 0.3 is 0 Å². The Morgan fingerprint density at radius 3 is 2.37 bits per heavy atom. The SMILES string of the molecule is CC(=O)Nc1ccc(/C=C/C(=O)NCC(C)C)cc1. The molecule has 0 aliphatic rings. The van der Waals surface area contributed by atoms with E-state index in [1.165, 1.54) is 13.0 Å². The van der Waals surface area contributed by atoms with Gasteiger partial charge in [-0.1, -0.05) is 26.0 Å². The molecule has 102 valence electrons. The van der Waals surface area contributed by atoms with Gasteiger partial charge in [-0.05, 0) is 29.7 Å². The van der Waals surface area contributed by atoms with Crippen LogP contribution in [-0.4, -0.2) is 18.4 Å². The van der Waals surface area contributed by atoms with Crippen molar-refractivity contribution in [3.05, 3.63) is 35.9 Å². The summed E-state index contributed by atoms with van der Waals surface area (Å²) in [4.78, 5) is 22.3. The van der Waals surface area contributed by atoms with Gasteiger partial charge in [0.2, 0.25) is 11.8 Å². The standard InChI is InChI=1S/C15H20N2O2/c1-11(2)10-16-15(19)9-6-13-4-7-14(8-5-13)17-12(3)18/h4-9,11H,10H2,1-3H3,(H,16,19)(H,17,18)/b9-6+. The third kappa shape index (κ3) is 6.41.